The highest BCUT2D eigenvalue weighted by Crippen LogP contribution is 2.20. The summed E-state index contributed by atoms with van der Waals surface area (Å²) in [5, 5.41) is 8.96. The highest BCUT2D eigenvalue weighted by atomic mass is 16.5. The molecule has 0 heterocycles. The molecule has 0 bridgehead atoms. The van der Waals surface area contributed by atoms with Crippen molar-refractivity contribution in [3.05, 3.63) is 29.8 Å². The van der Waals surface area contributed by atoms with E-state index in [0.29, 0.717) is 13.2 Å². The third-order valence-corrected chi connectivity index (χ3v) is 3.12. The van der Waals surface area contributed by atoms with Crippen LogP contribution in [0.4, 0.5) is 10.5 Å². The Balaban J connectivity index is 2.98. The Morgan fingerprint density at radius 3 is 2.48 bits per heavy atom. The molecule has 0 saturated carbocycles. The lowest BCUT2D eigenvalue weighted by molar-refractivity contribution is -0.137. The quantitative estimate of drug-likeness (QED) is 0.834. The molecule has 6 heteroatoms. The number of carbonyl (C=O) groups excluding carboxylic acids is 1. The Morgan fingerprint density at radius 1 is 1.29 bits per heavy atom. The molecule has 116 valence electrons. The predicted molar refractivity (Wildman–Crippen MR) is 80.7 cm³/mol. The van der Waals surface area contributed by atoms with Gasteiger partial charge < -0.3 is 14.7 Å². The van der Waals surface area contributed by atoms with Crippen molar-refractivity contribution in [1.82, 2.24) is 4.90 Å². The molecular weight excluding hydrogens is 272 g/mol. The van der Waals surface area contributed by atoms with Gasteiger partial charge in [0.15, 0.2) is 0 Å². The Hall–Kier alpha value is -2.08. The zero-order valence-electron chi connectivity index (χ0n) is 12.7. The van der Waals surface area contributed by atoms with Gasteiger partial charge in [-0.3, -0.25) is 9.69 Å². The van der Waals surface area contributed by atoms with Crippen LogP contribution >= 0.6 is 0 Å². The van der Waals surface area contributed by atoms with Crippen molar-refractivity contribution in [1.29, 1.82) is 0 Å². The summed E-state index contributed by atoms with van der Waals surface area (Å²) in [6.45, 7) is 4.44. The molecule has 1 aromatic carbocycles. The SMILES string of the molecule is CCN(C(=O)N(CCOC)CC(=O)O)c1ccccc1C. The van der Waals surface area contributed by atoms with Gasteiger partial charge in [-0.05, 0) is 25.5 Å². The highest BCUT2D eigenvalue weighted by Gasteiger charge is 2.23. The molecule has 1 N–H and O–H groups in total. The number of urea groups is 1. The molecule has 6 nitrogen and oxygen atoms in total. The van der Waals surface area contributed by atoms with Crippen molar-refractivity contribution in [3.63, 3.8) is 0 Å². The number of nitrogens with zero attached hydrogens (tertiary/aromatic N) is 2. The van der Waals surface area contributed by atoms with Crippen LogP contribution in [0.3, 0.4) is 0 Å². The van der Waals surface area contributed by atoms with Crippen LogP contribution in [-0.2, 0) is 9.53 Å². The number of anilines is 1. The molecule has 0 unspecified atom stereocenters. The van der Waals surface area contributed by atoms with Gasteiger partial charge in [0.1, 0.15) is 6.54 Å². The van der Waals surface area contributed by atoms with E-state index in [0.717, 1.165) is 11.3 Å². The van der Waals surface area contributed by atoms with E-state index in [2.05, 4.69) is 0 Å². The summed E-state index contributed by atoms with van der Waals surface area (Å²) < 4.78 is 4.94. The second kappa shape index (κ2) is 8.26. The Morgan fingerprint density at radius 2 is 1.95 bits per heavy atom. The number of carboxylic acids is 1. The standard InChI is InChI=1S/C15H22N2O4/c1-4-17(13-8-6-5-7-12(13)2)15(20)16(9-10-21-3)11-14(18)19/h5-8H,4,9-11H2,1-3H3,(H,18,19). The van der Waals surface area contributed by atoms with Gasteiger partial charge in [0.05, 0.1) is 6.61 Å². The minimum atomic E-state index is -1.04. The molecule has 0 atom stereocenters. The number of carbonyl (C=O) groups is 2. The van der Waals surface area contributed by atoms with E-state index in [1.807, 2.05) is 38.1 Å². The molecule has 0 spiro atoms. The molecule has 0 aromatic heterocycles. The summed E-state index contributed by atoms with van der Waals surface area (Å²) in [5.41, 5.74) is 1.76. The van der Waals surface area contributed by atoms with Gasteiger partial charge in [-0.15, -0.1) is 0 Å². The minimum Gasteiger partial charge on any atom is -0.480 e. The Labute approximate surface area is 124 Å². The number of rotatable bonds is 7. The predicted octanol–water partition coefficient (Wildman–Crippen LogP) is 1.97. The number of methoxy groups -OCH3 is 1. The molecule has 0 aliphatic rings. The van der Waals surface area contributed by atoms with Crippen molar-refractivity contribution in [3.8, 4) is 0 Å². The van der Waals surface area contributed by atoms with Crippen LogP contribution in [0.1, 0.15) is 12.5 Å². The minimum absolute atomic E-state index is 0.240. The van der Waals surface area contributed by atoms with Gasteiger partial charge in [-0.25, -0.2) is 4.79 Å². The summed E-state index contributed by atoms with van der Waals surface area (Å²) >= 11 is 0. The zero-order chi connectivity index (χ0) is 15.8. The Bertz CT molecular complexity index is 490. The third-order valence-electron chi connectivity index (χ3n) is 3.12. The summed E-state index contributed by atoms with van der Waals surface area (Å²) in [4.78, 5) is 26.4. The smallest absolute Gasteiger partial charge is 0.325 e. The highest BCUT2D eigenvalue weighted by molar-refractivity contribution is 5.94. The maximum Gasteiger partial charge on any atom is 0.325 e. The number of ether oxygens (including phenoxy) is 1. The summed E-state index contributed by atoms with van der Waals surface area (Å²) in [7, 11) is 1.52. The molecule has 1 aromatic rings. The first kappa shape index (κ1) is 17.0. The summed E-state index contributed by atoms with van der Waals surface area (Å²) in [5.74, 6) is -1.04. The second-order valence-corrected chi connectivity index (χ2v) is 4.62. The van der Waals surface area contributed by atoms with Crippen LogP contribution in [0, 0.1) is 6.92 Å². The summed E-state index contributed by atoms with van der Waals surface area (Å²) in [6, 6.07) is 7.20. The first-order valence-electron chi connectivity index (χ1n) is 6.84. The number of hydrogen-bond donors (Lipinski definition) is 1. The normalized spacial score (nSPS) is 10.2. The van der Waals surface area contributed by atoms with Crippen LogP contribution in [0.15, 0.2) is 24.3 Å². The van der Waals surface area contributed by atoms with Crippen molar-refractivity contribution < 1.29 is 19.4 Å². The molecule has 21 heavy (non-hydrogen) atoms. The van der Waals surface area contributed by atoms with Gasteiger partial charge in [0.2, 0.25) is 0 Å². The number of para-hydroxylation sites is 1. The fourth-order valence-corrected chi connectivity index (χ4v) is 2.05. The molecular formula is C15H22N2O4. The van der Waals surface area contributed by atoms with Gasteiger partial charge in [-0.1, -0.05) is 18.2 Å². The molecule has 0 radical (unpaired) electrons. The van der Waals surface area contributed by atoms with Crippen molar-refractivity contribution >= 4 is 17.7 Å². The van der Waals surface area contributed by atoms with Gasteiger partial charge in [0, 0.05) is 25.9 Å². The van der Waals surface area contributed by atoms with Gasteiger partial charge >= 0.3 is 12.0 Å². The van der Waals surface area contributed by atoms with E-state index in [9.17, 15) is 9.59 Å². The molecule has 1 rings (SSSR count). The van der Waals surface area contributed by atoms with Crippen molar-refractivity contribution in [2.24, 2.45) is 0 Å². The molecule has 0 aliphatic carbocycles. The van der Waals surface area contributed by atoms with E-state index >= 15 is 0 Å². The van der Waals surface area contributed by atoms with Crippen LogP contribution in [0.5, 0.6) is 0 Å². The van der Waals surface area contributed by atoms with Crippen LogP contribution < -0.4 is 4.90 Å². The maximum absolute atomic E-state index is 12.6. The maximum atomic E-state index is 12.6. The van der Waals surface area contributed by atoms with E-state index in [-0.39, 0.29) is 19.1 Å². The fourth-order valence-electron chi connectivity index (χ4n) is 2.05. The van der Waals surface area contributed by atoms with Crippen LogP contribution in [0.2, 0.25) is 0 Å². The van der Waals surface area contributed by atoms with Gasteiger partial charge in [0.25, 0.3) is 0 Å². The first-order chi connectivity index (χ1) is 10.0. The zero-order valence-corrected chi connectivity index (χ0v) is 12.7. The monoisotopic (exact) mass is 294 g/mol. The lowest BCUT2D eigenvalue weighted by Crippen LogP contribution is -2.47. The van der Waals surface area contributed by atoms with Crippen molar-refractivity contribution in [2.45, 2.75) is 13.8 Å². The number of aliphatic carboxylic acids is 1. The number of amides is 2. The van der Waals surface area contributed by atoms with Crippen LogP contribution in [-0.4, -0.2) is 55.4 Å². The fraction of sp³-hybridized carbons (Fsp3) is 0.467. The molecule has 0 aliphatic heterocycles. The first-order valence-corrected chi connectivity index (χ1v) is 6.84. The summed E-state index contributed by atoms with van der Waals surface area (Å²) in [6.07, 6.45) is 0. The van der Waals surface area contributed by atoms with Crippen LogP contribution in [0.25, 0.3) is 0 Å². The number of hydrogen-bond acceptors (Lipinski definition) is 3. The second-order valence-electron chi connectivity index (χ2n) is 4.62. The van der Waals surface area contributed by atoms with E-state index in [1.54, 1.807) is 4.90 Å². The van der Waals surface area contributed by atoms with E-state index in [4.69, 9.17) is 9.84 Å². The number of carboxylic acid groups (broad SMARTS) is 1. The van der Waals surface area contributed by atoms with E-state index < -0.39 is 5.97 Å². The van der Waals surface area contributed by atoms with E-state index in [1.165, 1.54) is 12.0 Å². The molecule has 2 amide bonds. The molecule has 0 saturated heterocycles. The Kier molecular flexibility index (Phi) is 6.68. The van der Waals surface area contributed by atoms with Gasteiger partial charge in [-0.2, -0.15) is 0 Å². The lowest BCUT2D eigenvalue weighted by Gasteiger charge is -2.29. The lowest BCUT2D eigenvalue weighted by atomic mass is 10.2. The topological polar surface area (TPSA) is 70.1 Å². The number of aryl methyl sites for hydroxylation is 1. The average Bonchev–Trinajstić information content (AvgIpc) is 2.45. The molecule has 0 fully saturated rings. The number of benzene rings is 1. The van der Waals surface area contributed by atoms with Crippen molar-refractivity contribution in [2.75, 3.05) is 38.3 Å². The largest absolute Gasteiger partial charge is 0.480 e. The average molecular weight is 294 g/mol. The third kappa shape index (κ3) is 4.75.